The number of esters is 1. The molecule has 0 aromatic heterocycles. The number of carbonyl (C=O) groups excluding carboxylic acids is 1. The molecular formula is C16H8F6O2. The first-order chi connectivity index (χ1) is 11.2. The molecule has 0 spiro atoms. The lowest BCUT2D eigenvalue weighted by Gasteiger charge is -2.08. The van der Waals surface area contributed by atoms with Gasteiger partial charge >= 0.3 is 5.97 Å². The Labute approximate surface area is 132 Å². The highest BCUT2D eigenvalue weighted by Gasteiger charge is 2.25. The van der Waals surface area contributed by atoms with Gasteiger partial charge in [-0.05, 0) is 30.7 Å². The molecule has 0 aliphatic carbocycles. The van der Waals surface area contributed by atoms with E-state index in [4.69, 9.17) is 0 Å². The first-order valence-corrected chi connectivity index (χ1v) is 6.39. The van der Waals surface area contributed by atoms with Crippen molar-refractivity contribution in [2.24, 2.45) is 0 Å². The molecule has 24 heavy (non-hydrogen) atoms. The van der Waals surface area contributed by atoms with Crippen LogP contribution in [-0.2, 0) is 4.79 Å². The highest BCUT2D eigenvalue weighted by molar-refractivity contribution is 5.88. The molecule has 0 aliphatic rings. The van der Waals surface area contributed by atoms with E-state index in [2.05, 4.69) is 4.74 Å². The van der Waals surface area contributed by atoms with Gasteiger partial charge in [-0.1, -0.05) is 0 Å². The third-order valence-corrected chi connectivity index (χ3v) is 2.94. The van der Waals surface area contributed by atoms with Crippen LogP contribution >= 0.6 is 0 Å². The first kappa shape index (κ1) is 17.6. The van der Waals surface area contributed by atoms with Crippen LogP contribution in [0.15, 0.2) is 24.3 Å². The van der Waals surface area contributed by atoms with E-state index in [-0.39, 0.29) is 5.56 Å². The lowest BCUT2D eigenvalue weighted by molar-refractivity contribution is -0.129. The van der Waals surface area contributed by atoms with Gasteiger partial charge in [0, 0.05) is 17.7 Å². The second kappa shape index (κ2) is 6.77. The standard InChI is InChI=1S/C16H8F6O2/c1-7-12(19)14(21)15(22)16(13(7)20)24-11(23)3-2-8-4-9(17)6-10(18)5-8/h2-6H,1H3/b3-2+. The summed E-state index contributed by atoms with van der Waals surface area (Å²) < 4.78 is 83.7. The highest BCUT2D eigenvalue weighted by Crippen LogP contribution is 2.29. The van der Waals surface area contributed by atoms with Crippen molar-refractivity contribution in [2.75, 3.05) is 0 Å². The van der Waals surface area contributed by atoms with Gasteiger partial charge in [0.1, 0.15) is 11.6 Å². The number of carbonyl (C=O) groups is 1. The van der Waals surface area contributed by atoms with Crippen LogP contribution in [-0.4, -0.2) is 5.97 Å². The molecule has 0 fully saturated rings. The zero-order chi connectivity index (χ0) is 18.0. The van der Waals surface area contributed by atoms with Crippen molar-refractivity contribution in [3.05, 3.63) is 70.3 Å². The van der Waals surface area contributed by atoms with Crippen molar-refractivity contribution in [3.8, 4) is 5.75 Å². The molecule has 2 aromatic rings. The SMILES string of the molecule is Cc1c(F)c(F)c(F)c(OC(=O)/C=C/c2cc(F)cc(F)c2)c1F. The lowest BCUT2D eigenvalue weighted by Crippen LogP contribution is -2.10. The van der Waals surface area contributed by atoms with Gasteiger partial charge in [0.15, 0.2) is 17.5 Å². The van der Waals surface area contributed by atoms with E-state index in [9.17, 15) is 31.1 Å². The largest absolute Gasteiger partial charge is 0.417 e. The molecule has 0 N–H and O–H groups in total. The van der Waals surface area contributed by atoms with Crippen LogP contribution in [0, 0.1) is 41.8 Å². The summed E-state index contributed by atoms with van der Waals surface area (Å²) in [6.45, 7) is 0.829. The maximum absolute atomic E-state index is 13.7. The van der Waals surface area contributed by atoms with Crippen molar-refractivity contribution in [1.29, 1.82) is 0 Å². The Morgan fingerprint density at radius 3 is 2.04 bits per heavy atom. The van der Waals surface area contributed by atoms with Gasteiger partial charge in [-0.3, -0.25) is 0 Å². The fourth-order valence-corrected chi connectivity index (χ4v) is 1.78. The molecule has 0 radical (unpaired) electrons. The number of halogens is 6. The van der Waals surface area contributed by atoms with Gasteiger partial charge in [-0.15, -0.1) is 0 Å². The van der Waals surface area contributed by atoms with E-state index in [0.29, 0.717) is 12.1 Å². The molecule has 0 saturated carbocycles. The van der Waals surface area contributed by atoms with Crippen molar-refractivity contribution in [1.82, 2.24) is 0 Å². The number of hydrogen-bond acceptors (Lipinski definition) is 2. The molecule has 0 heterocycles. The summed E-state index contributed by atoms with van der Waals surface area (Å²) in [5, 5.41) is 0. The summed E-state index contributed by atoms with van der Waals surface area (Å²) in [5.74, 6) is -11.9. The Kier molecular flexibility index (Phi) is 4.96. The minimum Gasteiger partial charge on any atom is -0.417 e. The van der Waals surface area contributed by atoms with Gasteiger partial charge in [-0.2, -0.15) is 4.39 Å². The van der Waals surface area contributed by atoms with Crippen LogP contribution in [0.4, 0.5) is 26.3 Å². The highest BCUT2D eigenvalue weighted by atomic mass is 19.2. The van der Waals surface area contributed by atoms with Crippen molar-refractivity contribution in [3.63, 3.8) is 0 Å². The summed E-state index contributed by atoms with van der Waals surface area (Å²) in [5.41, 5.74) is -0.931. The van der Waals surface area contributed by atoms with E-state index < -0.39 is 52.2 Å². The number of benzene rings is 2. The third-order valence-electron chi connectivity index (χ3n) is 2.94. The molecule has 2 aromatic carbocycles. The smallest absolute Gasteiger partial charge is 0.336 e. The van der Waals surface area contributed by atoms with Gasteiger partial charge < -0.3 is 4.74 Å². The fourth-order valence-electron chi connectivity index (χ4n) is 1.78. The van der Waals surface area contributed by atoms with Crippen LogP contribution in [0.5, 0.6) is 5.75 Å². The van der Waals surface area contributed by atoms with E-state index in [1.165, 1.54) is 0 Å². The summed E-state index contributed by atoms with van der Waals surface area (Å²) in [6, 6.07) is 2.37. The zero-order valence-electron chi connectivity index (χ0n) is 12.0. The van der Waals surface area contributed by atoms with Crippen molar-refractivity contribution >= 4 is 12.0 Å². The predicted molar refractivity (Wildman–Crippen MR) is 72.0 cm³/mol. The molecule has 2 rings (SSSR count). The molecular weight excluding hydrogens is 338 g/mol. The number of ether oxygens (including phenoxy) is 1. The molecule has 0 aliphatic heterocycles. The molecule has 8 heteroatoms. The molecule has 0 atom stereocenters. The average molecular weight is 346 g/mol. The van der Waals surface area contributed by atoms with Crippen LogP contribution in [0.1, 0.15) is 11.1 Å². The van der Waals surface area contributed by atoms with Gasteiger partial charge in [-0.25, -0.2) is 26.7 Å². The lowest BCUT2D eigenvalue weighted by atomic mass is 10.2. The van der Waals surface area contributed by atoms with E-state index in [1.807, 2.05) is 0 Å². The van der Waals surface area contributed by atoms with Gasteiger partial charge in [0.2, 0.25) is 11.6 Å². The van der Waals surface area contributed by atoms with Crippen molar-refractivity contribution in [2.45, 2.75) is 6.92 Å². The third kappa shape index (κ3) is 3.58. The van der Waals surface area contributed by atoms with E-state index >= 15 is 0 Å². The van der Waals surface area contributed by atoms with Crippen LogP contribution in [0.25, 0.3) is 6.08 Å². The minimum absolute atomic E-state index is 0.0631. The summed E-state index contributed by atoms with van der Waals surface area (Å²) in [4.78, 5) is 11.5. The Hall–Kier alpha value is -2.77. The monoisotopic (exact) mass is 346 g/mol. The van der Waals surface area contributed by atoms with Gasteiger partial charge in [0.25, 0.3) is 0 Å². The maximum Gasteiger partial charge on any atom is 0.336 e. The molecule has 0 unspecified atom stereocenters. The molecule has 2 nitrogen and oxygen atoms in total. The second-order valence-corrected chi connectivity index (χ2v) is 4.67. The molecule has 0 amide bonds. The Balaban J connectivity index is 2.26. The average Bonchev–Trinajstić information content (AvgIpc) is 2.52. The first-order valence-electron chi connectivity index (χ1n) is 6.39. The quantitative estimate of drug-likeness (QED) is 0.205. The topological polar surface area (TPSA) is 26.3 Å². The van der Waals surface area contributed by atoms with Crippen LogP contribution in [0.3, 0.4) is 0 Å². The van der Waals surface area contributed by atoms with Crippen LogP contribution in [0.2, 0.25) is 0 Å². The summed E-state index contributed by atoms with van der Waals surface area (Å²) in [6.07, 6.45) is 1.53. The molecule has 126 valence electrons. The molecule has 0 saturated heterocycles. The minimum atomic E-state index is -2.01. The van der Waals surface area contributed by atoms with Crippen molar-refractivity contribution < 1.29 is 35.9 Å². The predicted octanol–water partition coefficient (Wildman–Crippen LogP) is 4.45. The summed E-state index contributed by atoms with van der Waals surface area (Å²) in [7, 11) is 0. The van der Waals surface area contributed by atoms with E-state index in [1.54, 1.807) is 0 Å². The summed E-state index contributed by atoms with van der Waals surface area (Å²) >= 11 is 0. The Morgan fingerprint density at radius 1 is 0.875 bits per heavy atom. The normalized spacial score (nSPS) is 11.1. The number of hydrogen-bond donors (Lipinski definition) is 0. The van der Waals surface area contributed by atoms with Gasteiger partial charge in [0.05, 0.1) is 0 Å². The second-order valence-electron chi connectivity index (χ2n) is 4.67. The van der Waals surface area contributed by atoms with E-state index in [0.717, 1.165) is 25.1 Å². The zero-order valence-corrected chi connectivity index (χ0v) is 12.0. The molecule has 0 bridgehead atoms. The fraction of sp³-hybridized carbons (Fsp3) is 0.0625. The Bertz CT molecular complexity index is 796. The Morgan fingerprint density at radius 2 is 1.46 bits per heavy atom. The maximum atomic E-state index is 13.7. The van der Waals surface area contributed by atoms with Crippen LogP contribution < -0.4 is 4.74 Å². The number of rotatable bonds is 3.